The Morgan fingerprint density at radius 1 is 1.09 bits per heavy atom. The summed E-state index contributed by atoms with van der Waals surface area (Å²) >= 11 is 0. The van der Waals surface area contributed by atoms with Crippen molar-refractivity contribution in [1.29, 1.82) is 0 Å². The van der Waals surface area contributed by atoms with Crippen LogP contribution in [-0.4, -0.2) is 25.5 Å². The lowest BCUT2D eigenvalue weighted by Crippen LogP contribution is -2.46. The summed E-state index contributed by atoms with van der Waals surface area (Å²) in [6.45, 7) is 4.29. The summed E-state index contributed by atoms with van der Waals surface area (Å²) < 4.78 is 18.9. The zero-order valence-electron chi connectivity index (χ0n) is 19.3. The highest BCUT2D eigenvalue weighted by atomic mass is 19.1. The van der Waals surface area contributed by atoms with Crippen LogP contribution < -0.4 is 5.32 Å². The molecular formula is C27H31FN4O. The third kappa shape index (κ3) is 4.45. The fourth-order valence-electron chi connectivity index (χ4n) is 5.04. The molecule has 5 rings (SSSR count). The predicted octanol–water partition coefficient (Wildman–Crippen LogP) is 5.41. The van der Waals surface area contributed by atoms with Gasteiger partial charge in [-0.1, -0.05) is 37.5 Å². The number of fused-ring (bicyclic) bond motifs is 1. The topological polar surface area (TPSA) is 55.0 Å². The van der Waals surface area contributed by atoms with Gasteiger partial charge < -0.3 is 9.67 Å². The number of nitrogens with one attached hydrogen (secondary N) is 1. The Kier molecular flexibility index (Phi) is 5.81. The summed E-state index contributed by atoms with van der Waals surface area (Å²) in [5.41, 5.74) is 3.12. The summed E-state index contributed by atoms with van der Waals surface area (Å²) in [6, 6.07) is 15.5. The molecule has 2 aromatic carbocycles. The zero-order valence-corrected chi connectivity index (χ0v) is 19.3. The standard InChI is InChI=1S/C27H31FN4O/c1-19-15-16-32(30-19)22-13-11-20(12-14-22)17-31-18-23(26-24(28)9-6-10-25(26)31)27(2,33)29-21-7-4-3-5-8-21/h6,9-16,18,21,29,33H,3-5,7-8,17H2,1-2H3. The Morgan fingerprint density at radius 2 is 1.85 bits per heavy atom. The number of hydrogen-bond donors (Lipinski definition) is 2. The number of aliphatic hydroxyl groups is 1. The quantitative estimate of drug-likeness (QED) is 0.390. The SMILES string of the molecule is Cc1ccn(-c2ccc(Cn3cc(C(C)(O)NC4CCCCC4)c4c(F)cccc43)cc2)n1. The van der Waals surface area contributed by atoms with Gasteiger partial charge in [0.05, 0.1) is 16.9 Å². The van der Waals surface area contributed by atoms with Crippen molar-refractivity contribution in [2.75, 3.05) is 0 Å². The van der Waals surface area contributed by atoms with E-state index in [1.807, 2.05) is 52.8 Å². The molecule has 0 saturated heterocycles. The van der Waals surface area contributed by atoms with Crippen LogP contribution in [0.15, 0.2) is 60.9 Å². The first-order chi connectivity index (χ1) is 15.9. The molecule has 1 unspecified atom stereocenters. The van der Waals surface area contributed by atoms with Crippen LogP contribution in [0.2, 0.25) is 0 Å². The van der Waals surface area contributed by atoms with Crippen LogP contribution in [0, 0.1) is 12.7 Å². The van der Waals surface area contributed by atoms with Crippen LogP contribution in [0.25, 0.3) is 16.6 Å². The molecular weight excluding hydrogens is 415 g/mol. The fourth-order valence-corrected chi connectivity index (χ4v) is 5.04. The molecule has 1 aliphatic rings. The fraction of sp³-hybridized carbons (Fsp3) is 0.370. The molecule has 2 heterocycles. The monoisotopic (exact) mass is 446 g/mol. The first-order valence-corrected chi connectivity index (χ1v) is 11.8. The summed E-state index contributed by atoms with van der Waals surface area (Å²) in [5.74, 6) is -0.309. The van der Waals surface area contributed by atoms with E-state index in [0.717, 1.165) is 48.1 Å². The summed E-state index contributed by atoms with van der Waals surface area (Å²) in [5, 5.41) is 19.7. The molecule has 0 radical (unpaired) electrons. The van der Waals surface area contributed by atoms with Gasteiger partial charge in [-0.3, -0.25) is 5.32 Å². The van der Waals surface area contributed by atoms with Crippen molar-refractivity contribution in [2.45, 2.75) is 64.3 Å². The van der Waals surface area contributed by atoms with E-state index in [9.17, 15) is 9.50 Å². The summed E-state index contributed by atoms with van der Waals surface area (Å²) in [7, 11) is 0. The second-order valence-corrected chi connectivity index (χ2v) is 9.42. The Hall–Kier alpha value is -2.96. The normalized spacial score (nSPS) is 16.8. The van der Waals surface area contributed by atoms with Crippen molar-refractivity contribution in [1.82, 2.24) is 19.7 Å². The number of rotatable bonds is 6. The number of benzene rings is 2. The molecule has 0 aliphatic heterocycles. The second-order valence-electron chi connectivity index (χ2n) is 9.42. The second kappa shape index (κ2) is 8.76. The molecule has 172 valence electrons. The maximum absolute atomic E-state index is 15.0. The summed E-state index contributed by atoms with van der Waals surface area (Å²) in [4.78, 5) is 0. The highest BCUT2D eigenvalue weighted by molar-refractivity contribution is 5.85. The highest BCUT2D eigenvalue weighted by Gasteiger charge is 2.31. The van der Waals surface area contributed by atoms with Gasteiger partial charge in [-0.25, -0.2) is 9.07 Å². The molecule has 1 saturated carbocycles. The minimum Gasteiger partial charge on any atom is -0.372 e. The number of nitrogens with zero attached hydrogens (tertiary/aromatic N) is 3. The lowest BCUT2D eigenvalue weighted by molar-refractivity contribution is 0.00398. The molecule has 2 aromatic heterocycles. The molecule has 33 heavy (non-hydrogen) atoms. The molecule has 6 heteroatoms. The number of aromatic nitrogens is 3. The third-order valence-corrected chi connectivity index (χ3v) is 6.75. The molecule has 4 aromatic rings. The largest absolute Gasteiger partial charge is 0.372 e. The van der Waals surface area contributed by atoms with E-state index in [-0.39, 0.29) is 11.9 Å². The maximum Gasteiger partial charge on any atom is 0.141 e. The van der Waals surface area contributed by atoms with Crippen LogP contribution in [0.4, 0.5) is 4.39 Å². The van der Waals surface area contributed by atoms with Gasteiger partial charge in [0.25, 0.3) is 0 Å². The van der Waals surface area contributed by atoms with Gasteiger partial charge in [-0.05, 0) is 62.6 Å². The minimum absolute atomic E-state index is 0.248. The maximum atomic E-state index is 15.0. The van der Waals surface area contributed by atoms with E-state index in [1.165, 1.54) is 12.5 Å². The Balaban J connectivity index is 1.46. The molecule has 1 fully saturated rings. The molecule has 0 amide bonds. The smallest absolute Gasteiger partial charge is 0.141 e. The van der Waals surface area contributed by atoms with Crippen molar-refractivity contribution in [3.63, 3.8) is 0 Å². The van der Waals surface area contributed by atoms with Gasteiger partial charge >= 0.3 is 0 Å². The predicted molar refractivity (Wildman–Crippen MR) is 129 cm³/mol. The zero-order chi connectivity index (χ0) is 23.0. The number of aryl methyl sites for hydroxylation is 1. The van der Waals surface area contributed by atoms with Crippen LogP contribution in [-0.2, 0) is 12.3 Å². The first-order valence-electron chi connectivity index (χ1n) is 11.8. The van der Waals surface area contributed by atoms with Gasteiger partial charge in [0.1, 0.15) is 11.5 Å². The minimum atomic E-state index is -1.31. The van der Waals surface area contributed by atoms with Gasteiger partial charge in [-0.15, -0.1) is 0 Å². The Morgan fingerprint density at radius 3 is 2.55 bits per heavy atom. The van der Waals surface area contributed by atoms with Gasteiger partial charge in [0.15, 0.2) is 0 Å². The van der Waals surface area contributed by atoms with Crippen LogP contribution in [0.1, 0.15) is 55.8 Å². The lowest BCUT2D eigenvalue weighted by Gasteiger charge is -2.32. The highest BCUT2D eigenvalue weighted by Crippen LogP contribution is 2.33. The average molecular weight is 447 g/mol. The van der Waals surface area contributed by atoms with Crippen LogP contribution in [0.5, 0.6) is 0 Å². The van der Waals surface area contributed by atoms with Crippen molar-refractivity contribution in [3.05, 3.63) is 83.6 Å². The molecule has 0 bridgehead atoms. The van der Waals surface area contributed by atoms with Crippen molar-refractivity contribution >= 4 is 10.9 Å². The van der Waals surface area contributed by atoms with Crippen molar-refractivity contribution in [2.24, 2.45) is 0 Å². The average Bonchev–Trinajstić information content (AvgIpc) is 3.40. The van der Waals surface area contributed by atoms with Crippen molar-refractivity contribution in [3.8, 4) is 5.69 Å². The van der Waals surface area contributed by atoms with Gasteiger partial charge in [-0.2, -0.15) is 5.10 Å². The van der Waals surface area contributed by atoms with Crippen molar-refractivity contribution < 1.29 is 9.50 Å². The molecule has 2 N–H and O–H groups in total. The van der Waals surface area contributed by atoms with E-state index < -0.39 is 5.72 Å². The van der Waals surface area contributed by atoms with Gasteiger partial charge in [0.2, 0.25) is 0 Å². The van der Waals surface area contributed by atoms with E-state index in [1.54, 1.807) is 13.0 Å². The van der Waals surface area contributed by atoms with E-state index >= 15 is 0 Å². The number of halogens is 1. The number of hydrogen-bond acceptors (Lipinski definition) is 3. The van der Waals surface area contributed by atoms with Gasteiger partial charge in [0, 0.05) is 35.9 Å². The third-order valence-electron chi connectivity index (χ3n) is 6.75. The Bertz CT molecular complexity index is 1250. The molecule has 5 nitrogen and oxygen atoms in total. The molecule has 1 aliphatic carbocycles. The van der Waals surface area contributed by atoms with E-state index in [4.69, 9.17) is 0 Å². The van der Waals surface area contributed by atoms with Crippen LogP contribution >= 0.6 is 0 Å². The van der Waals surface area contributed by atoms with Crippen LogP contribution in [0.3, 0.4) is 0 Å². The Labute approximate surface area is 193 Å². The lowest BCUT2D eigenvalue weighted by atomic mass is 9.93. The first kappa shape index (κ1) is 21.9. The van der Waals surface area contributed by atoms with E-state index in [2.05, 4.69) is 22.5 Å². The molecule has 1 atom stereocenters. The van der Waals surface area contributed by atoms with E-state index in [0.29, 0.717) is 17.5 Å². The molecule has 0 spiro atoms. The summed E-state index contributed by atoms with van der Waals surface area (Å²) in [6.07, 6.45) is 9.50.